The van der Waals surface area contributed by atoms with E-state index < -0.39 is 0 Å². The molecule has 3 heteroatoms. The normalized spacial score (nSPS) is 12.6. The summed E-state index contributed by atoms with van der Waals surface area (Å²) in [6.07, 6.45) is 0.193. The number of likely N-dealkylation sites (N-methyl/N-ethyl adjacent to an activating group) is 1. The number of rotatable bonds is 6. The first kappa shape index (κ1) is 12.8. The molecule has 0 aliphatic rings. The van der Waals surface area contributed by atoms with E-state index in [2.05, 4.69) is 19.2 Å². The number of hydrogen-bond donors (Lipinski definition) is 1. The van der Waals surface area contributed by atoms with Crippen LogP contribution in [0.5, 0.6) is 11.5 Å². The van der Waals surface area contributed by atoms with E-state index in [0.717, 1.165) is 18.0 Å². The fourth-order valence-corrected chi connectivity index (χ4v) is 1.44. The van der Waals surface area contributed by atoms with E-state index >= 15 is 0 Å². The van der Waals surface area contributed by atoms with Crippen LogP contribution in [0, 0.1) is 5.92 Å². The van der Waals surface area contributed by atoms with Gasteiger partial charge in [0, 0.05) is 6.54 Å². The van der Waals surface area contributed by atoms with Crippen molar-refractivity contribution in [2.45, 2.75) is 20.0 Å². The highest BCUT2D eigenvalue weighted by Gasteiger charge is 2.13. The van der Waals surface area contributed by atoms with Crippen LogP contribution in [0.4, 0.5) is 0 Å². The van der Waals surface area contributed by atoms with Gasteiger partial charge in [-0.2, -0.15) is 0 Å². The summed E-state index contributed by atoms with van der Waals surface area (Å²) in [5.74, 6) is 2.21. The number of benzene rings is 1. The average Bonchev–Trinajstić information content (AvgIpc) is 2.29. The first-order valence-corrected chi connectivity index (χ1v) is 5.62. The number of nitrogens with one attached hydrogen (secondary N) is 1. The summed E-state index contributed by atoms with van der Waals surface area (Å²) >= 11 is 0. The molecule has 0 spiro atoms. The van der Waals surface area contributed by atoms with Crippen LogP contribution in [0.3, 0.4) is 0 Å². The largest absolute Gasteiger partial charge is 0.497 e. The zero-order valence-corrected chi connectivity index (χ0v) is 10.5. The second-order valence-electron chi connectivity index (χ2n) is 4.13. The molecule has 1 aromatic carbocycles. The molecular weight excluding hydrogens is 202 g/mol. The van der Waals surface area contributed by atoms with E-state index in [1.54, 1.807) is 7.11 Å². The monoisotopic (exact) mass is 223 g/mol. The van der Waals surface area contributed by atoms with Crippen molar-refractivity contribution < 1.29 is 9.47 Å². The van der Waals surface area contributed by atoms with E-state index in [4.69, 9.17) is 9.47 Å². The minimum atomic E-state index is 0.193. The molecule has 0 saturated carbocycles. The highest BCUT2D eigenvalue weighted by molar-refractivity contribution is 5.31. The molecule has 0 aromatic heterocycles. The Morgan fingerprint density at radius 1 is 1.12 bits per heavy atom. The van der Waals surface area contributed by atoms with Gasteiger partial charge in [0.2, 0.25) is 0 Å². The van der Waals surface area contributed by atoms with E-state index in [9.17, 15) is 0 Å². The predicted molar refractivity (Wildman–Crippen MR) is 66.2 cm³/mol. The van der Waals surface area contributed by atoms with E-state index in [-0.39, 0.29) is 6.10 Å². The fraction of sp³-hybridized carbons (Fsp3) is 0.538. The number of ether oxygens (including phenoxy) is 2. The molecule has 0 bridgehead atoms. The Hall–Kier alpha value is -1.22. The summed E-state index contributed by atoms with van der Waals surface area (Å²) in [7, 11) is 3.60. The Balaban J connectivity index is 2.62. The van der Waals surface area contributed by atoms with Crippen molar-refractivity contribution in [1.29, 1.82) is 0 Å². The van der Waals surface area contributed by atoms with Gasteiger partial charge in [-0.25, -0.2) is 0 Å². The standard InChI is InChI=1S/C13H21NO2/c1-10(2)13(9-14-3)16-12-7-5-11(15-4)6-8-12/h5-8,10,13-14H,9H2,1-4H3. The highest BCUT2D eigenvalue weighted by Crippen LogP contribution is 2.19. The molecule has 0 saturated heterocycles. The maximum Gasteiger partial charge on any atom is 0.120 e. The van der Waals surface area contributed by atoms with Crippen LogP contribution in [0.2, 0.25) is 0 Å². The van der Waals surface area contributed by atoms with Gasteiger partial charge in [0.25, 0.3) is 0 Å². The second-order valence-corrected chi connectivity index (χ2v) is 4.13. The molecule has 1 rings (SSSR count). The minimum Gasteiger partial charge on any atom is -0.497 e. The zero-order chi connectivity index (χ0) is 12.0. The molecule has 0 aliphatic carbocycles. The predicted octanol–water partition coefficient (Wildman–Crippen LogP) is 2.32. The van der Waals surface area contributed by atoms with Crippen LogP contribution in [0.15, 0.2) is 24.3 Å². The maximum absolute atomic E-state index is 5.90. The van der Waals surface area contributed by atoms with Crippen LogP contribution in [-0.2, 0) is 0 Å². The fourth-order valence-electron chi connectivity index (χ4n) is 1.44. The molecule has 0 heterocycles. The van der Waals surface area contributed by atoms with Gasteiger partial charge in [-0.3, -0.25) is 0 Å². The third-order valence-electron chi connectivity index (χ3n) is 2.50. The molecule has 1 unspecified atom stereocenters. The highest BCUT2D eigenvalue weighted by atomic mass is 16.5. The summed E-state index contributed by atoms with van der Waals surface area (Å²) in [6.45, 7) is 5.17. The lowest BCUT2D eigenvalue weighted by Crippen LogP contribution is -2.33. The van der Waals surface area contributed by atoms with Crippen molar-refractivity contribution >= 4 is 0 Å². The van der Waals surface area contributed by atoms with Crippen molar-refractivity contribution in [3.8, 4) is 11.5 Å². The van der Waals surface area contributed by atoms with Gasteiger partial charge in [-0.15, -0.1) is 0 Å². The molecule has 1 atom stereocenters. The Bertz CT molecular complexity index is 295. The molecule has 90 valence electrons. The van der Waals surface area contributed by atoms with Gasteiger partial charge in [-0.05, 0) is 37.2 Å². The van der Waals surface area contributed by atoms with Crippen LogP contribution in [0.1, 0.15) is 13.8 Å². The van der Waals surface area contributed by atoms with Gasteiger partial charge in [0.15, 0.2) is 0 Å². The Kier molecular flexibility index (Phi) is 5.12. The first-order chi connectivity index (χ1) is 7.67. The van der Waals surface area contributed by atoms with Gasteiger partial charge in [0.1, 0.15) is 17.6 Å². The summed E-state index contributed by atoms with van der Waals surface area (Å²) in [4.78, 5) is 0. The topological polar surface area (TPSA) is 30.5 Å². The average molecular weight is 223 g/mol. The van der Waals surface area contributed by atoms with Crippen molar-refractivity contribution in [1.82, 2.24) is 5.32 Å². The molecule has 1 aromatic rings. The molecular formula is C13H21NO2. The maximum atomic E-state index is 5.90. The lowest BCUT2D eigenvalue weighted by molar-refractivity contribution is 0.151. The van der Waals surface area contributed by atoms with Gasteiger partial charge in [0.05, 0.1) is 7.11 Å². The molecule has 1 N–H and O–H groups in total. The summed E-state index contributed by atoms with van der Waals surface area (Å²) in [5.41, 5.74) is 0. The van der Waals surface area contributed by atoms with Gasteiger partial charge >= 0.3 is 0 Å². The Labute approximate surface area is 97.8 Å². The summed E-state index contributed by atoms with van der Waals surface area (Å²) in [6, 6.07) is 7.69. The van der Waals surface area contributed by atoms with Crippen LogP contribution < -0.4 is 14.8 Å². The van der Waals surface area contributed by atoms with Gasteiger partial charge in [-0.1, -0.05) is 13.8 Å². The lowest BCUT2D eigenvalue weighted by atomic mass is 10.1. The number of hydrogen-bond acceptors (Lipinski definition) is 3. The molecule has 16 heavy (non-hydrogen) atoms. The second kappa shape index (κ2) is 6.38. The molecule has 0 radical (unpaired) electrons. The summed E-state index contributed by atoms with van der Waals surface area (Å²) < 4.78 is 11.0. The smallest absolute Gasteiger partial charge is 0.120 e. The molecule has 0 aliphatic heterocycles. The van der Waals surface area contributed by atoms with Crippen LogP contribution in [-0.4, -0.2) is 26.8 Å². The Morgan fingerprint density at radius 2 is 1.69 bits per heavy atom. The zero-order valence-electron chi connectivity index (χ0n) is 10.5. The third-order valence-corrected chi connectivity index (χ3v) is 2.50. The SMILES string of the molecule is CNCC(Oc1ccc(OC)cc1)C(C)C. The Morgan fingerprint density at radius 3 is 2.12 bits per heavy atom. The van der Waals surface area contributed by atoms with Crippen molar-refractivity contribution in [3.05, 3.63) is 24.3 Å². The van der Waals surface area contributed by atoms with Crippen LogP contribution >= 0.6 is 0 Å². The van der Waals surface area contributed by atoms with Crippen molar-refractivity contribution in [3.63, 3.8) is 0 Å². The minimum absolute atomic E-state index is 0.193. The van der Waals surface area contributed by atoms with E-state index in [0.29, 0.717) is 5.92 Å². The van der Waals surface area contributed by atoms with E-state index in [1.165, 1.54) is 0 Å². The van der Waals surface area contributed by atoms with Gasteiger partial charge < -0.3 is 14.8 Å². The van der Waals surface area contributed by atoms with Crippen molar-refractivity contribution in [2.24, 2.45) is 5.92 Å². The molecule has 0 amide bonds. The first-order valence-electron chi connectivity index (χ1n) is 5.62. The lowest BCUT2D eigenvalue weighted by Gasteiger charge is -2.22. The molecule has 3 nitrogen and oxygen atoms in total. The quantitative estimate of drug-likeness (QED) is 0.803. The summed E-state index contributed by atoms with van der Waals surface area (Å²) in [5, 5.41) is 3.14. The third kappa shape index (κ3) is 3.74. The molecule has 0 fully saturated rings. The number of methoxy groups -OCH3 is 1. The van der Waals surface area contributed by atoms with E-state index in [1.807, 2.05) is 31.3 Å². The van der Waals surface area contributed by atoms with Crippen molar-refractivity contribution in [2.75, 3.05) is 20.7 Å². The van der Waals surface area contributed by atoms with Crippen LogP contribution in [0.25, 0.3) is 0 Å².